The molecule has 1 heterocycles. The summed E-state index contributed by atoms with van der Waals surface area (Å²) in [5.41, 5.74) is 0.672. The van der Waals surface area contributed by atoms with Crippen LogP contribution in [0.2, 0.25) is 0 Å². The van der Waals surface area contributed by atoms with E-state index in [0.29, 0.717) is 38.2 Å². The standard InChI is InChI=1S/C22H28N2O7/c1-16(17-7-9-18(10-8-17)21(27)30-3)31-22(28)24(14-15-29-2)13-5-12-23-11-4-6-19(25)20(23)26/h4,6-11,16,25H,5,12-15H2,1-3H3/t16-/m0/s1. The molecule has 0 bridgehead atoms. The zero-order valence-corrected chi connectivity index (χ0v) is 17.9. The molecule has 1 aromatic heterocycles. The topological polar surface area (TPSA) is 107 Å². The minimum Gasteiger partial charge on any atom is -0.503 e. The summed E-state index contributed by atoms with van der Waals surface area (Å²) in [5, 5.41) is 9.52. The van der Waals surface area contributed by atoms with Crippen LogP contribution in [0.4, 0.5) is 4.79 Å². The highest BCUT2D eigenvalue weighted by Gasteiger charge is 2.19. The van der Waals surface area contributed by atoms with Gasteiger partial charge in [-0.3, -0.25) is 4.79 Å². The average molecular weight is 432 g/mol. The lowest BCUT2D eigenvalue weighted by molar-refractivity contribution is 0.0583. The van der Waals surface area contributed by atoms with Gasteiger partial charge >= 0.3 is 12.1 Å². The van der Waals surface area contributed by atoms with Crippen LogP contribution in [-0.2, 0) is 20.8 Å². The number of hydrogen-bond donors (Lipinski definition) is 1. The number of carbonyl (C=O) groups is 2. The number of carbonyl (C=O) groups excluding carboxylic acids is 2. The Morgan fingerprint density at radius 1 is 1.13 bits per heavy atom. The maximum atomic E-state index is 12.7. The van der Waals surface area contributed by atoms with E-state index in [4.69, 9.17) is 9.47 Å². The molecule has 0 radical (unpaired) electrons. The maximum Gasteiger partial charge on any atom is 0.410 e. The molecule has 0 saturated heterocycles. The van der Waals surface area contributed by atoms with Crippen molar-refractivity contribution >= 4 is 12.1 Å². The highest BCUT2D eigenvalue weighted by Crippen LogP contribution is 2.19. The summed E-state index contributed by atoms with van der Waals surface area (Å²) in [7, 11) is 2.85. The van der Waals surface area contributed by atoms with Crippen molar-refractivity contribution in [1.82, 2.24) is 9.47 Å². The summed E-state index contributed by atoms with van der Waals surface area (Å²) < 4.78 is 16.7. The van der Waals surface area contributed by atoms with Gasteiger partial charge in [0, 0.05) is 32.9 Å². The second-order valence-electron chi connectivity index (χ2n) is 6.86. The number of aromatic hydroxyl groups is 1. The van der Waals surface area contributed by atoms with Gasteiger partial charge in [0.2, 0.25) is 0 Å². The fourth-order valence-corrected chi connectivity index (χ4v) is 2.93. The second-order valence-corrected chi connectivity index (χ2v) is 6.86. The van der Waals surface area contributed by atoms with Crippen LogP contribution in [0.3, 0.4) is 0 Å². The van der Waals surface area contributed by atoms with Crippen LogP contribution in [0.5, 0.6) is 5.75 Å². The number of amides is 1. The number of pyridine rings is 1. The van der Waals surface area contributed by atoms with Gasteiger partial charge in [0.1, 0.15) is 6.10 Å². The number of rotatable bonds is 10. The van der Waals surface area contributed by atoms with E-state index >= 15 is 0 Å². The molecule has 9 nitrogen and oxygen atoms in total. The molecule has 9 heteroatoms. The third-order valence-corrected chi connectivity index (χ3v) is 4.73. The van der Waals surface area contributed by atoms with Crippen molar-refractivity contribution in [1.29, 1.82) is 0 Å². The smallest absolute Gasteiger partial charge is 0.410 e. The molecule has 0 aliphatic rings. The number of benzene rings is 1. The third-order valence-electron chi connectivity index (χ3n) is 4.73. The molecule has 1 N–H and O–H groups in total. The Labute approximate surface area is 180 Å². The molecule has 2 aromatic rings. The predicted molar refractivity (Wildman–Crippen MR) is 113 cm³/mol. The first-order valence-corrected chi connectivity index (χ1v) is 9.88. The summed E-state index contributed by atoms with van der Waals surface area (Å²) in [5.74, 6) is -0.752. The van der Waals surface area contributed by atoms with Crippen LogP contribution in [0, 0.1) is 0 Å². The van der Waals surface area contributed by atoms with Crippen LogP contribution in [0.1, 0.15) is 35.4 Å². The summed E-state index contributed by atoms with van der Waals surface area (Å²) in [6, 6.07) is 9.55. The van der Waals surface area contributed by atoms with Gasteiger partial charge in [-0.25, -0.2) is 9.59 Å². The van der Waals surface area contributed by atoms with Crippen molar-refractivity contribution in [2.45, 2.75) is 26.0 Å². The molecule has 1 amide bonds. The molecule has 2 rings (SSSR count). The van der Waals surface area contributed by atoms with E-state index in [9.17, 15) is 19.5 Å². The van der Waals surface area contributed by atoms with Crippen LogP contribution in [0.25, 0.3) is 0 Å². The van der Waals surface area contributed by atoms with Crippen LogP contribution >= 0.6 is 0 Å². The van der Waals surface area contributed by atoms with Gasteiger partial charge in [-0.15, -0.1) is 0 Å². The van der Waals surface area contributed by atoms with Gasteiger partial charge in [-0.1, -0.05) is 12.1 Å². The monoisotopic (exact) mass is 432 g/mol. The Morgan fingerprint density at radius 2 is 1.84 bits per heavy atom. The lowest BCUT2D eigenvalue weighted by Crippen LogP contribution is -2.36. The highest BCUT2D eigenvalue weighted by atomic mass is 16.6. The minimum absolute atomic E-state index is 0.315. The van der Waals surface area contributed by atoms with Crippen LogP contribution in [-0.4, -0.2) is 60.6 Å². The number of esters is 1. The van der Waals surface area contributed by atoms with Gasteiger partial charge in [0.15, 0.2) is 5.75 Å². The van der Waals surface area contributed by atoms with E-state index in [-0.39, 0.29) is 5.75 Å². The quantitative estimate of drug-likeness (QED) is 0.575. The zero-order valence-electron chi connectivity index (χ0n) is 17.9. The summed E-state index contributed by atoms with van der Waals surface area (Å²) >= 11 is 0. The summed E-state index contributed by atoms with van der Waals surface area (Å²) in [4.78, 5) is 37.6. The predicted octanol–water partition coefficient (Wildman–Crippen LogP) is 2.58. The van der Waals surface area contributed by atoms with Gasteiger partial charge < -0.3 is 28.8 Å². The van der Waals surface area contributed by atoms with Gasteiger partial charge in [0.25, 0.3) is 5.56 Å². The molecule has 1 atom stereocenters. The van der Waals surface area contributed by atoms with Crippen molar-refractivity contribution in [3.63, 3.8) is 0 Å². The van der Waals surface area contributed by atoms with E-state index in [2.05, 4.69) is 4.74 Å². The number of aromatic nitrogens is 1. The first-order valence-electron chi connectivity index (χ1n) is 9.88. The Balaban J connectivity index is 1.97. The van der Waals surface area contributed by atoms with Crippen molar-refractivity contribution in [2.24, 2.45) is 0 Å². The van der Waals surface area contributed by atoms with Gasteiger partial charge in [-0.05, 0) is 43.2 Å². The maximum absolute atomic E-state index is 12.7. The Bertz CT molecular complexity index is 924. The normalized spacial score (nSPS) is 11.6. The molecule has 31 heavy (non-hydrogen) atoms. The fraction of sp³-hybridized carbons (Fsp3) is 0.409. The number of hydrogen-bond acceptors (Lipinski definition) is 7. The molecule has 0 fully saturated rings. The molecule has 0 spiro atoms. The van der Waals surface area contributed by atoms with Crippen molar-refractivity contribution in [3.8, 4) is 5.75 Å². The zero-order chi connectivity index (χ0) is 22.8. The number of aryl methyl sites for hydroxylation is 1. The SMILES string of the molecule is COCCN(CCCn1cccc(O)c1=O)C(=O)O[C@@H](C)c1ccc(C(=O)OC)cc1. The van der Waals surface area contributed by atoms with Crippen molar-refractivity contribution in [3.05, 3.63) is 64.1 Å². The molecule has 0 unspecified atom stereocenters. The highest BCUT2D eigenvalue weighted by molar-refractivity contribution is 5.89. The first kappa shape index (κ1) is 23.9. The Kier molecular flexibility index (Phi) is 9.08. The second kappa shape index (κ2) is 11.8. The largest absolute Gasteiger partial charge is 0.503 e. The molecular weight excluding hydrogens is 404 g/mol. The Hall–Kier alpha value is -3.33. The lowest BCUT2D eigenvalue weighted by atomic mass is 10.1. The van der Waals surface area contributed by atoms with Gasteiger partial charge in [0.05, 0.1) is 19.3 Å². The van der Waals surface area contributed by atoms with E-state index in [0.717, 1.165) is 5.56 Å². The Morgan fingerprint density at radius 3 is 2.48 bits per heavy atom. The number of nitrogens with zero attached hydrogens (tertiary/aromatic N) is 2. The summed E-state index contributed by atoms with van der Waals surface area (Å²) in [6.07, 6.45) is 1.03. The first-order chi connectivity index (χ1) is 14.9. The molecule has 0 saturated carbocycles. The van der Waals surface area contributed by atoms with E-state index in [1.54, 1.807) is 50.6 Å². The third kappa shape index (κ3) is 6.85. The molecule has 0 aliphatic carbocycles. The summed E-state index contributed by atoms with van der Waals surface area (Å²) in [6.45, 7) is 3.10. The van der Waals surface area contributed by atoms with Crippen molar-refractivity contribution in [2.75, 3.05) is 33.9 Å². The minimum atomic E-state index is -0.530. The fourth-order valence-electron chi connectivity index (χ4n) is 2.93. The average Bonchev–Trinajstić information content (AvgIpc) is 2.78. The van der Waals surface area contributed by atoms with E-state index in [1.807, 2.05) is 0 Å². The van der Waals surface area contributed by atoms with E-state index < -0.39 is 23.7 Å². The molecule has 0 aliphatic heterocycles. The van der Waals surface area contributed by atoms with Crippen LogP contribution in [0.15, 0.2) is 47.4 Å². The molecule has 168 valence electrons. The lowest BCUT2D eigenvalue weighted by Gasteiger charge is -2.24. The molecular formula is C22H28N2O7. The van der Waals surface area contributed by atoms with Gasteiger partial charge in [-0.2, -0.15) is 0 Å². The van der Waals surface area contributed by atoms with Crippen LogP contribution < -0.4 is 5.56 Å². The van der Waals surface area contributed by atoms with E-state index in [1.165, 1.54) is 22.6 Å². The molecule has 1 aromatic carbocycles. The van der Waals surface area contributed by atoms with Crippen molar-refractivity contribution < 1.29 is 28.9 Å². The number of methoxy groups -OCH3 is 2. The number of ether oxygens (including phenoxy) is 3.